The van der Waals surface area contributed by atoms with E-state index in [0.29, 0.717) is 26.3 Å². The van der Waals surface area contributed by atoms with Crippen molar-refractivity contribution in [3.05, 3.63) is 50.9 Å². The number of carbonyl (C=O) groups excluding carboxylic acids is 3. The highest BCUT2D eigenvalue weighted by molar-refractivity contribution is 9.13. The van der Waals surface area contributed by atoms with E-state index in [2.05, 4.69) is 42.5 Å². The second-order valence-corrected chi connectivity index (χ2v) is 7.00. The van der Waals surface area contributed by atoms with Gasteiger partial charge in [0.2, 0.25) is 5.91 Å². The molecule has 10 heteroatoms. The first-order chi connectivity index (χ1) is 12.9. The van der Waals surface area contributed by atoms with E-state index in [0.717, 1.165) is 4.90 Å². The lowest BCUT2D eigenvalue weighted by atomic mass is 10.3. The summed E-state index contributed by atoms with van der Waals surface area (Å²) in [6.45, 7) is -0.417. The second kappa shape index (κ2) is 7.97. The number of nitrogens with one attached hydrogen (secondary N) is 2. The summed E-state index contributed by atoms with van der Waals surface area (Å²) in [5.41, 5.74) is 0.542. The highest BCUT2D eigenvalue weighted by Gasteiger charge is 2.35. The van der Waals surface area contributed by atoms with E-state index in [1.54, 1.807) is 30.3 Å². The standard InChI is InChI=1S/C17H13Br2N3O5/c1-26-10-4-2-9(3-5-10)20-14(23)8-22-16(24)13(21-17(22)25)7-11-6-12(18)15(19)27-11/h2-7H,8H2,1H3,(H,20,23)(H,21,25)/b13-7-. The summed E-state index contributed by atoms with van der Waals surface area (Å²) in [5, 5.41) is 5.04. The average molecular weight is 499 g/mol. The first kappa shape index (κ1) is 19.2. The molecule has 2 aromatic rings. The van der Waals surface area contributed by atoms with Gasteiger partial charge in [-0.2, -0.15) is 0 Å². The molecule has 0 radical (unpaired) electrons. The monoisotopic (exact) mass is 497 g/mol. The zero-order valence-electron chi connectivity index (χ0n) is 13.9. The van der Waals surface area contributed by atoms with Crippen molar-refractivity contribution < 1.29 is 23.5 Å². The second-order valence-electron chi connectivity index (χ2n) is 5.43. The van der Waals surface area contributed by atoms with Crippen molar-refractivity contribution >= 4 is 61.5 Å². The summed E-state index contributed by atoms with van der Waals surface area (Å²) in [7, 11) is 1.54. The summed E-state index contributed by atoms with van der Waals surface area (Å²) in [6, 6.07) is 7.63. The van der Waals surface area contributed by atoms with E-state index in [9.17, 15) is 14.4 Å². The lowest BCUT2D eigenvalue weighted by Crippen LogP contribution is -2.38. The van der Waals surface area contributed by atoms with Crippen molar-refractivity contribution in [2.45, 2.75) is 0 Å². The molecule has 8 nitrogen and oxygen atoms in total. The quantitative estimate of drug-likeness (QED) is 0.486. The zero-order chi connectivity index (χ0) is 19.6. The number of hydrogen-bond acceptors (Lipinski definition) is 5. The Morgan fingerprint density at radius 1 is 1.30 bits per heavy atom. The number of furan rings is 1. The van der Waals surface area contributed by atoms with Gasteiger partial charge in [-0.15, -0.1) is 0 Å². The number of urea groups is 1. The topological polar surface area (TPSA) is 101 Å². The van der Waals surface area contributed by atoms with Gasteiger partial charge in [0.05, 0.1) is 11.6 Å². The van der Waals surface area contributed by atoms with Crippen molar-refractivity contribution in [2.75, 3.05) is 19.0 Å². The maximum absolute atomic E-state index is 12.4. The lowest BCUT2D eigenvalue weighted by molar-refractivity contribution is -0.127. The molecule has 1 aliphatic rings. The van der Waals surface area contributed by atoms with Crippen LogP contribution in [0.1, 0.15) is 5.76 Å². The molecule has 0 bridgehead atoms. The van der Waals surface area contributed by atoms with Gasteiger partial charge in [0, 0.05) is 11.8 Å². The van der Waals surface area contributed by atoms with Crippen LogP contribution in [0, 0.1) is 0 Å². The van der Waals surface area contributed by atoms with E-state index in [4.69, 9.17) is 9.15 Å². The van der Waals surface area contributed by atoms with Gasteiger partial charge in [-0.1, -0.05) is 0 Å². The Labute approximate surface area is 170 Å². The van der Waals surface area contributed by atoms with Gasteiger partial charge in [-0.3, -0.25) is 9.59 Å². The Hall–Kier alpha value is -2.59. The third-order valence-electron chi connectivity index (χ3n) is 3.59. The molecule has 0 atom stereocenters. The Bertz CT molecular complexity index is 917. The van der Waals surface area contributed by atoms with Gasteiger partial charge in [-0.25, -0.2) is 9.69 Å². The predicted molar refractivity (Wildman–Crippen MR) is 104 cm³/mol. The van der Waals surface area contributed by atoms with E-state index in [-0.39, 0.29) is 5.70 Å². The zero-order valence-corrected chi connectivity index (χ0v) is 17.1. The van der Waals surface area contributed by atoms with Gasteiger partial charge >= 0.3 is 6.03 Å². The molecule has 1 saturated heterocycles. The SMILES string of the molecule is COc1ccc(NC(=O)CN2C(=O)N/C(=C\c3cc(Br)c(Br)o3)C2=O)cc1. The summed E-state index contributed by atoms with van der Waals surface area (Å²) in [6.07, 6.45) is 1.39. The van der Waals surface area contributed by atoms with Crippen LogP contribution in [0.25, 0.3) is 6.08 Å². The number of methoxy groups -OCH3 is 1. The summed E-state index contributed by atoms with van der Waals surface area (Å²) in [5.74, 6) is -0.114. The highest BCUT2D eigenvalue weighted by atomic mass is 79.9. The van der Waals surface area contributed by atoms with Crippen LogP contribution in [0.15, 0.2) is 49.6 Å². The Morgan fingerprint density at radius 3 is 2.59 bits per heavy atom. The summed E-state index contributed by atoms with van der Waals surface area (Å²) < 4.78 is 11.5. The molecule has 2 heterocycles. The molecular formula is C17H13Br2N3O5. The molecule has 0 unspecified atom stereocenters. The molecular weight excluding hydrogens is 486 g/mol. The van der Waals surface area contributed by atoms with Gasteiger partial charge in [-0.05, 0) is 62.2 Å². The fraction of sp³-hybridized carbons (Fsp3) is 0.118. The van der Waals surface area contributed by atoms with E-state index in [1.807, 2.05) is 0 Å². The molecule has 3 rings (SSSR count). The van der Waals surface area contributed by atoms with Crippen molar-refractivity contribution in [3.63, 3.8) is 0 Å². The summed E-state index contributed by atoms with van der Waals surface area (Å²) in [4.78, 5) is 37.4. The normalized spacial score (nSPS) is 15.2. The number of anilines is 1. The van der Waals surface area contributed by atoms with Gasteiger partial charge in [0.1, 0.15) is 23.8 Å². The van der Waals surface area contributed by atoms with Gasteiger partial charge in [0.15, 0.2) is 4.67 Å². The molecule has 140 valence electrons. The van der Waals surface area contributed by atoms with Crippen molar-refractivity contribution in [1.82, 2.24) is 10.2 Å². The van der Waals surface area contributed by atoms with Crippen LogP contribution in [-0.2, 0) is 9.59 Å². The first-order valence-corrected chi connectivity index (χ1v) is 9.19. The smallest absolute Gasteiger partial charge is 0.329 e. The minimum absolute atomic E-state index is 0.0194. The van der Waals surface area contributed by atoms with Crippen LogP contribution >= 0.6 is 31.9 Å². The van der Waals surface area contributed by atoms with Crippen LogP contribution in [0.4, 0.5) is 10.5 Å². The average Bonchev–Trinajstić information content (AvgIpc) is 3.08. The lowest BCUT2D eigenvalue weighted by Gasteiger charge is -2.12. The molecule has 0 spiro atoms. The molecule has 0 aliphatic carbocycles. The number of hydrogen-bond donors (Lipinski definition) is 2. The summed E-state index contributed by atoms with van der Waals surface area (Å²) >= 11 is 6.46. The van der Waals surface area contributed by atoms with E-state index in [1.165, 1.54) is 13.2 Å². The van der Waals surface area contributed by atoms with Crippen molar-refractivity contribution in [3.8, 4) is 5.75 Å². The molecule has 1 aliphatic heterocycles. The van der Waals surface area contributed by atoms with Crippen LogP contribution < -0.4 is 15.4 Å². The molecule has 1 fully saturated rings. The van der Waals surface area contributed by atoms with Crippen LogP contribution in [0.3, 0.4) is 0 Å². The van der Waals surface area contributed by atoms with E-state index < -0.39 is 24.4 Å². The van der Waals surface area contributed by atoms with Crippen LogP contribution in [-0.4, -0.2) is 36.4 Å². The predicted octanol–water partition coefficient (Wildman–Crippen LogP) is 3.34. The number of halogens is 2. The van der Waals surface area contributed by atoms with Gasteiger partial charge < -0.3 is 19.8 Å². The fourth-order valence-corrected chi connectivity index (χ4v) is 2.92. The Balaban J connectivity index is 1.66. The molecule has 27 heavy (non-hydrogen) atoms. The minimum Gasteiger partial charge on any atom is -0.497 e. The molecule has 4 amide bonds. The molecule has 0 saturated carbocycles. The van der Waals surface area contributed by atoms with Crippen molar-refractivity contribution in [2.24, 2.45) is 0 Å². The van der Waals surface area contributed by atoms with Crippen LogP contribution in [0.2, 0.25) is 0 Å². The Morgan fingerprint density at radius 2 is 2.00 bits per heavy atom. The Kier molecular flexibility index (Phi) is 5.66. The largest absolute Gasteiger partial charge is 0.497 e. The number of ether oxygens (including phenoxy) is 1. The number of rotatable bonds is 5. The number of imide groups is 1. The highest BCUT2D eigenvalue weighted by Crippen LogP contribution is 2.28. The molecule has 1 aromatic heterocycles. The maximum Gasteiger partial charge on any atom is 0.329 e. The number of carbonyl (C=O) groups is 3. The van der Waals surface area contributed by atoms with Crippen LogP contribution in [0.5, 0.6) is 5.75 Å². The van der Waals surface area contributed by atoms with E-state index >= 15 is 0 Å². The molecule has 1 aromatic carbocycles. The molecule has 2 N–H and O–H groups in total. The van der Waals surface area contributed by atoms with Gasteiger partial charge in [0.25, 0.3) is 5.91 Å². The number of benzene rings is 1. The number of amides is 4. The minimum atomic E-state index is -0.680. The number of nitrogens with zero attached hydrogens (tertiary/aromatic N) is 1. The maximum atomic E-state index is 12.4. The first-order valence-electron chi connectivity index (χ1n) is 7.60. The third kappa shape index (κ3) is 4.40. The third-order valence-corrected chi connectivity index (χ3v) is 5.30. The van der Waals surface area contributed by atoms with Crippen molar-refractivity contribution in [1.29, 1.82) is 0 Å². The fourth-order valence-electron chi connectivity index (χ4n) is 2.31.